The van der Waals surface area contributed by atoms with Crippen molar-refractivity contribution in [1.82, 2.24) is 5.43 Å². The number of nitrogens with zero attached hydrogens (tertiary/aromatic N) is 1. The van der Waals surface area contributed by atoms with E-state index < -0.39 is 10.0 Å². The van der Waals surface area contributed by atoms with Crippen LogP contribution in [0, 0.1) is 0 Å². The van der Waals surface area contributed by atoms with E-state index in [9.17, 15) is 8.42 Å². The number of amidine groups is 1. The lowest BCUT2D eigenvalue weighted by Gasteiger charge is -2.09. The molecule has 7 heteroatoms. The van der Waals surface area contributed by atoms with Gasteiger partial charge in [-0.3, -0.25) is 10.9 Å². The monoisotopic (exact) mass is 307 g/mol. The van der Waals surface area contributed by atoms with Crippen LogP contribution in [0.15, 0.2) is 57.8 Å². The van der Waals surface area contributed by atoms with Gasteiger partial charge in [-0.15, -0.1) is 4.40 Å². The number of rotatable bonds is 2. The first kappa shape index (κ1) is 13.0. The van der Waals surface area contributed by atoms with Gasteiger partial charge in [0.2, 0.25) is 0 Å². The van der Waals surface area contributed by atoms with Crippen molar-refractivity contribution in [2.24, 2.45) is 4.40 Å². The minimum atomic E-state index is -3.61. The van der Waals surface area contributed by atoms with E-state index in [0.29, 0.717) is 16.3 Å². The molecular formula is C13H10ClN3O2S. The van der Waals surface area contributed by atoms with E-state index in [1.54, 1.807) is 42.5 Å². The van der Waals surface area contributed by atoms with Gasteiger partial charge < -0.3 is 0 Å². The normalized spacial score (nSPS) is 15.3. The average Bonchev–Trinajstić information content (AvgIpc) is 2.69. The molecule has 1 aliphatic heterocycles. The molecule has 0 amide bonds. The lowest BCUT2D eigenvalue weighted by molar-refractivity contribution is 0.599. The lowest BCUT2D eigenvalue weighted by atomic mass is 10.2. The summed E-state index contributed by atoms with van der Waals surface area (Å²) >= 11 is 5.87. The summed E-state index contributed by atoms with van der Waals surface area (Å²) in [5.41, 5.74) is 6.93. The van der Waals surface area contributed by atoms with Crippen LogP contribution in [0.4, 0.5) is 5.69 Å². The van der Waals surface area contributed by atoms with Gasteiger partial charge in [-0.2, -0.15) is 8.42 Å². The molecule has 2 aromatic carbocycles. The summed E-state index contributed by atoms with van der Waals surface area (Å²) in [5.74, 6) is 0.264. The quantitative estimate of drug-likeness (QED) is 0.836. The van der Waals surface area contributed by atoms with Crippen LogP contribution >= 0.6 is 11.6 Å². The molecular weight excluding hydrogens is 298 g/mol. The van der Waals surface area contributed by atoms with Crippen molar-refractivity contribution in [2.75, 3.05) is 5.43 Å². The van der Waals surface area contributed by atoms with E-state index in [1.165, 1.54) is 6.07 Å². The van der Waals surface area contributed by atoms with Gasteiger partial charge in [-0.25, -0.2) is 0 Å². The number of halogens is 1. The molecule has 0 unspecified atom stereocenters. The fourth-order valence-electron chi connectivity index (χ4n) is 1.89. The molecule has 0 spiro atoms. The maximum atomic E-state index is 11.9. The zero-order chi connectivity index (χ0) is 14.2. The maximum Gasteiger partial charge on any atom is 0.285 e. The third-order valence-corrected chi connectivity index (χ3v) is 4.35. The summed E-state index contributed by atoms with van der Waals surface area (Å²) in [4.78, 5) is 0.204. The first-order valence-corrected chi connectivity index (χ1v) is 7.60. The highest BCUT2D eigenvalue weighted by molar-refractivity contribution is 7.90. The molecule has 3 rings (SSSR count). The second kappa shape index (κ2) is 4.81. The molecule has 1 aliphatic rings. The van der Waals surface area contributed by atoms with Crippen molar-refractivity contribution in [1.29, 1.82) is 0 Å². The number of sulfonamides is 1. The molecule has 0 aromatic heterocycles. The number of anilines is 1. The molecule has 0 saturated carbocycles. The lowest BCUT2D eigenvalue weighted by Crippen LogP contribution is -2.29. The van der Waals surface area contributed by atoms with Crippen LogP contribution in [0.3, 0.4) is 0 Å². The van der Waals surface area contributed by atoms with Crippen LogP contribution < -0.4 is 10.9 Å². The van der Waals surface area contributed by atoms with E-state index in [-0.39, 0.29) is 10.7 Å². The van der Waals surface area contributed by atoms with E-state index in [1.807, 2.05) is 0 Å². The Kier molecular flexibility index (Phi) is 3.11. The number of fused-ring (bicyclic) bond motifs is 1. The third kappa shape index (κ3) is 2.35. The largest absolute Gasteiger partial charge is 0.300 e. The van der Waals surface area contributed by atoms with E-state index >= 15 is 0 Å². The average molecular weight is 308 g/mol. The van der Waals surface area contributed by atoms with Crippen molar-refractivity contribution >= 4 is 33.1 Å². The van der Waals surface area contributed by atoms with Crippen LogP contribution in [0.5, 0.6) is 0 Å². The SMILES string of the molecule is O=S1(=O)N=C(NNc2cccc(Cl)c2)c2ccccc21. The summed E-state index contributed by atoms with van der Waals surface area (Å²) in [7, 11) is -3.61. The predicted octanol–water partition coefficient (Wildman–Crippen LogP) is 2.41. The Balaban J connectivity index is 1.86. The number of nitrogens with one attached hydrogen (secondary N) is 2. The second-order valence-corrected chi connectivity index (χ2v) is 6.18. The number of hydrogen-bond acceptors (Lipinski definition) is 4. The van der Waals surface area contributed by atoms with Crippen molar-refractivity contribution < 1.29 is 8.42 Å². The third-order valence-electron chi connectivity index (χ3n) is 2.78. The standard InChI is InChI=1S/C13H10ClN3O2S/c14-9-4-3-5-10(8-9)15-16-13-11-6-1-2-7-12(11)20(18,19)17-13/h1-8,15H,(H,16,17). The zero-order valence-corrected chi connectivity index (χ0v) is 11.7. The van der Waals surface area contributed by atoms with Crippen LogP contribution in [0.2, 0.25) is 5.02 Å². The Morgan fingerprint density at radius 1 is 1.00 bits per heavy atom. The van der Waals surface area contributed by atoms with E-state index in [0.717, 1.165) is 0 Å². The van der Waals surface area contributed by atoms with Crippen molar-refractivity contribution in [2.45, 2.75) is 4.90 Å². The van der Waals surface area contributed by atoms with Gasteiger partial charge in [0, 0.05) is 10.6 Å². The maximum absolute atomic E-state index is 11.9. The van der Waals surface area contributed by atoms with Gasteiger partial charge in [-0.05, 0) is 30.3 Å². The smallest absolute Gasteiger partial charge is 0.285 e. The van der Waals surface area contributed by atoms with Gasteiger partial charge >= 0.3 is 0 Å². The molecule has 0 fully saturated rings. The van der Waals surface area contributed by atoms with E-state index in [2.05, 4.69) is 15.2 Å². The van der Waals surface area contributed by atoms with E-state index in [4.69, 9.17) is 11.6 Å². The van der Waals surface area contributed by atoms with Crippen molar-refractivity contribution in [3.63, 3.8) is 0 Å². The Bertz CT molecular complexity index is 803. The predicted molar refractivity (Wildman–Crippen MR) is 78.4 cm³/mol. The van der Waals surface area contributed by atoms with Crippen molar-refractivity contribution in [3.8, 4) is 0 Å². The summed E-state index contributed by atoms with van der Waals surface area (Å²) < 4.78 is 27.4. The van der Waals surface area contributed by atoms with Gasteiger partial charge in [0.1, 0.15) is 4.90 Å². The van der Waals surface area contributed by atoms with Gasteiger partial charge in [0.15, 0.2) is 5.84 Å². The van der Waals surface area contributed by atoms with Crippen LogP contribution in [0.25, 0.3) is 0 Å². The van der Waals surface area contributed by atoms with Crippen molar-refractivity contribution in [3.05, 3.63) is 59.1 Å². The molecule has 0 atom stereocenters. The fraction of sp³-hybridized carbons (Fsp3) is 0. The minimum absolute atomic E-state index is 0.204. The fourth-order valence-corrected chi connectivity index (χ4v) is 3.26. The van der Waals surface area contributed by atoms with Gasteiger partial charge in [0.25, 0.3) is 10.0 Å². The van der Waals surface area contributed by atoms with Crippen LogP contribution in [-0.2, 0) is 10.0 Å². The number of hydrazine groups is 1. The highest BCUT2D eigenvalue weighted by Crippen LogP contribution is 2.24. The zero-order valence-electron chi connectivity index (χ0n) is 10.2. The highest BCUT2D eigenvalue weighted by atomic mass is 35.5. The summed E-state index contributed by atoms with van der Waals surface area (Å²) in [6, 6.07) is 13.7. The number of benzene rings is 2. The van der Waals surface area contributed by atoms with Crippen LogP contribution in [-0.4, -0.2) is 14.3 Å². The molecule has 5 nitrogen and oxygen atoms in total. The second-order valence-electron chi connectivity index (χ2n) is 4.17. The molecule has 2 N–H and O–H groups in total. The van der Waals surface area contributed by atoms with Gasteiger partial charge in [-0.1, -0.05) is 29.8 Å². The Labute approximate surface area is 121 Å². The molecule has 2 aromatic rings. The molecule has 102 valence electrons. The minimum Gasteiger partial charge on any atom is -0.300 e. The van der Waals surface area contributed by atoms with Gasteiger partial charge in [0.05, 0.1) is 5.69 Å². The Hall–Kier alpha value is -2.05. The first-order valence-electron chi connectivity index (χ1n) is 5.78. The van der Waals surface area contributed by atoms with Crippen LogP contribution in [0.1, 0.15) is 5.56 Å². The molecule has 0 aliphatic carbocycles. The molecule has 0 bridgehead atoms. The highest BCUT2D eigenvalue weighted by Gasteiger charge is 2.28. The summed E-state index contributed by atoms with van der Waals surface area (Å²) in [5, 5.41) is 0.582. The summed E-state index contributed by atoms with van der Waals surface area (Å²) in [6.45, 7) is 0. The number of hydrogen-bond donors (Lipinski definition) is 2. The Morgan fingerprint density at radius 2 is 1.80 bits per heavy atom. The molecule has 1 heterocycles. The molecule has 0 radical (unpaired) electrons. The molecule has 20 heavy (non-hydrogen) atoms. The topological polar surface area (TPSA) is 70.6 Å². The first-order chi connectivity index (χ1) is 9.56. The summed E-state index contributed by atoms with van der Waals surface area (Å²) in [6.07, 6.45) is 0. The Morgan fingerprint density at radius 3 is 2.60 bits per heavy atom. The molecule has 0 saturated heterocycles.